The van der Waals surface area contributed by atoms with E-state index in [9.17, 15) is 9.36 Å². The van der Waals surface area contributed by atoms with E-state index in [0.717, 1.165) is 22.3 Å². The molecule has 3 aromatic carbocycles. The van der Waals surface area contributed by atoms with Crippen molar-refractivity contribution in [3.63, 3.8) is 0 Å². The fraction of sp³-hybridized carbons (Fsp3) is 0.346. The molecule has 0 radical (unpaired) electrons. The van der Waals surface area contributed by atoms with Gasteiger partial charge in [-0.3, -0.25) is 9.36 Å². The number of carbonyl (C=O) groups excluding carboxylic acids is 1. The number of benzene rings is 3. The predicted octanol–water partition coefficient (Wildman–Crippen LogP) is 7.02. The number of ether oxygens (including phenoxy) is 1. The van der Waals surface area contributed by atoms with Crippen LogP contribution in [0.4, 0.5) is 0 Å². The Labute approximate surface area is 195 Å². The van der Waals surface area contributed by atoms with Gasteiger partial charge in [0.05, 0.1) is 24.6 Å². The molecular formula is C26H31O4PS. The molecule has 6 heteroatoms. The van der Waals surface area contributed by atoms with Crippen LogP contribution in [0.2, 0.25) is 0 Å². The molecule has 0 heterocycles. The van der Waals surface area contributed by atoms with Crippen molar-refractivity contribution in [3.8, 4) is 0 Å². The van der Waals surface area contributed by atoms with Crippen LogP contribution in [0.3, 0.4) is 0 Å². The Bertz CT molecular complexity index is 1050. The van der Waals surface area contributed by atoms with Gasteiger partial charge in [-0.2, -0.15) is 0 Å². The lowest BCUT2D eigenvalue weighted by Crippen LogP contribution is -2.23. The lowest BCUT2D eigenvalue weighted by Gasteiger charge is -2.23. The van der Waals surface area contributed by atoms with Gasteiger partial charge in [-0.25, -0.2) is 0 Å². The summed E-state index contributed by atoms with van der Waals surface area (Å²) >= 11 is 1.52. The summed E-state index contributed by atoms with van der Waals surface area (Å²) in [7, 11) is -3.04. The molecule has 0 fully saturated rings. The van der Waals surface area contributed by atoms with Crippen molar-refractivity contribution in [2.45, 2.75) is 31.6 Å². The van der Waals surface area contributed by atoms with Gasteiger partial charge in [0.15, 0.2) is 0 Å². The van der Waals surface area contributed by atoms with Crippen LogP contribution in [0.5, 0.6) is 0 Å². The topological polar surface area (TPSA) is 52.6 Å². The predicted molar refractivity (Wildman–Crippen MR) is 134 cm³/mol. The number of esters is 1. The molecule has 0 aliphatic rings. The zero-order valence-electron chi connectivity index (χ0n) is 18.7. The molecule has 32 heavy (non-hydrogen) atoms. The van der Waals surface area contributed by atoms with Crippen LogP contribution in [0.15, 0.2) is 77.7 Å². The van der Waals surface area contributed by atoms with E-state index >= 15 is 0 Å². The van der Waals surface area contributed by atoms with Crippen LogP contribution in [-0.4, -0.2) is 30.8 Å². The zero-order valence-corrected chi connectivity index (χ0v) is 20.4. The number of hydrogen-bond donors (Lipinski definition) is 0. The molecule has 0 aliphatic carbocycles. The molecule has 0 N–H and O–H groups in total. The first-order valence-electron chi connectivity index (χ1n) is 11.1. The molecular weight excluding hydrogens is 439 g/mol. The molecule has 0 aromatic heterocycles. The lowest BCUT2D eigenvalue weighted by atomic mass is 10.0. The highest BCUT2D eigenvalue weighted by atomic mass is 32.2. The van der Waals surface area contributed by atoms with Crippen molar-refractivity contribution in [3.05, 3.63) is 78.4 Å². The highest BCUT2D eigenvalue weighted by Gasteiger charge is 2.32. The Morgan fingerprint density at radius 2 is 1.66 bits per heavy atom. The molecule has 2 atom stereocenters. The summed E-state index contributed by atoms with van der Waals surface area (Å²) in [5.74, 6) is -0.746. The van der Waals surface area contributed by atoms with Crippen molar-refractivity contribution < 1.29 is 18.6 Å². The minimum Gasteiger partial charge on any atom is -0.466 e. The average molecular weight is 471 g/mol. The van der Waals surface area contributed by atoms with Crippen LogP contribution in [0.25, 0.3) is 10.8 Å². The van der Waals surface area contributed by atoms with Crippen LogP contribution in [-0.2, 0) is 25.0 Å². The Kier molecular flexibility index (Phi) is 9.40. The van der Waals surface area contributed by atoms with Gasteiger partial charge in [0.1, 0.15) is 0 Å². The SMILES string of the molecule is CCOC(=O)C(CCc1ccccc1)CP(=O)(CSc1ccc2ccccc2c1)OCC. The summed E-state index contributed by atoms with van der Waals surface area (Å²) in [5.41, 5.74) is 1.49. The lowest BCUT2D eigenvalue weighted by molar-refractivity contribution is -0.147. The van der Waals surface area contributed by atoms with Crippen LogP contribution in [0, 0.1) is 5.92 Å². The fourth-order valence-electron chi connectivity index (χ4n) is 3.67. The Hall–Kier alpha value is -2.07. The maximum Gasteiger partial charge on any atom is 0.309 e. The van der Waals surface area contributed by atoms with E-state index in [4.69, 9.17) is 9.26 Å². The largest absolute Gasteiger partial charge is 0.466 e. The normalized spacial score (nSPS) is 14.1. The van der Waals surface area contributed by atoms with Gasteiger partial charge in [-0.1, -0.05) is 60.7 Å². The second-order valence-corrected chi connectivity index (χ2v) is 11.7. The van der Waals surface area contributed by atoms with E-state index in [1.807, 2.05) is 55.5 Å². The molecule has 3 rings (SSSR count). The summed E-state index contributed by atoms with van der Waals surface area (Å²) < 4.78 is 24.8. The molecule has 0 saturated carbocycles. The van der Waals surface area contributed by atoms with Gasteiger partial charge in [0.25, 0.3) is 0 Å². The highest BCUT2D eigenvalue weighted by molar-refractivity contribution is 8.05. The van der Waals surface area contributed by atoms with Gasteiger partial charge in [0.2, 0.25) is 7.37 Å². The summed E-state index contributed by atoms with van der Waals surface area (Å²) in [4.78, 5) is 13.7. The summed E-state index contributed by atoms with van der Waals surface area (Å²) in [6.45, 7) is 4.30. The van der Waals surface area contributed by atoms with Gasteiger partial charge in [-0.15, -0.1) is 11.8 Å². The summed E-state index contributed by atoms with van der Waals surface area (Å²) in [6, 6.07) is 24.4. The van der Waals surface area contributed by atoms with Crippen molar-refractivity contribution in [1.29, 1.82) is 0 Å². The zero-order chi connectivity index (χ0) is 22.8. The van der Waals surface area contributed by atoms with Gasteiger partial charge in [-0.05, 0) is 55.2 Å². The third-order valence-corrected chi connectivity index (χ3v) is 9.66. The number of carbonyl (C=O) groups is 1. The Balaban J connectivity index is 1.71. The van der Waals surface area contributed by atoms with E-state index < -0.39 is 13.3 Å². The third-order valence-electron chi connectivity index (χ3n) is 5.26. The number of fused-ring (bicyclic) bond motifs is 1. The first-order valence-corrected chi connectivity index (χ1v) is 14.1. The van der Waals surface area contributed by atoms with Crippen LogP contribution in [0.1, 0.15) is 25.8 Å². The van der Waals surface area contributed by atoms with E-state index in [1.165, 1.54) is 17.1 Å². The quantitative estimate of drug-likeness (QED) is 0.162. The first kappa shape index (κ1) is 24.6. The summed E-state index contributed by atoms with van der Waals surface area (Å²) in [5, 5.41) is 2.32. The highest BCUT2D eigenvalue weighted by Crippen LogP contribution is 2.53. The second kappa shape index (κ2) is 12.2. The molecule has 0 bridgehead atoms. The molecule has 0 amide bonds. The molecule has 0 saturated heterocycles. The van der Waals surface area contributed by atoms with E-state index in [1.54, 1.807) is 6.92 Å². The number of aryl methyl sites for hydroxylation is 1. The molecule has 170 valence electrons. The van der Waals surface area contributed by atoms with Gasteiger partial charge in [0, 0.05) is 11.1 Å². The minimum absolute atomic E-state index is 0.201. The first-order chi connectivity index (χ1) is 15.5. The van der Waals surface area contributed by atoms with E-state index in [0.29, 0.717) is 25.1 Å². The number of thioether (sulfide) groups is 1. The Morgan fingerprint density at radius 1 is 0.938 bits per heavy atom. The van der Waals surface area contributed by atoms with Crippen LogP contribution < -0.4 is 0 Å². The van der Waals surface area contributed by atoms with Crippen LogP contribution >= 0.6 is 19.1 Å². The van der Waals surface area contributed by atoms with E-state index in [-0.39, 0.29) is 12.1 Å². The van der Waals surface area contributed by atoms with Gasteiger partial charge >= 0.3 is 5.97 Å². The van der Waals surface area contributed by atoms with Crippen molar-refractivity contribution in [2.24, 2.45) is 5.92 Å². The monoisotopic (exact) mass is 470 g/mol. The maximum atomic E-state index is 13.7. The Morgan fingerprint density at radius 3 is 2.38 bits per heavy atom. The van der Waals surface area contributed by atoms with Crippen molar-refractivity contribution in [1.82, 2.24) is 0 Å². The number of rotatable bonds is 12. The smallest absolute Gasteiger partial charge is 0.309 e. The third kappa shape index (κ3) is 7.23. The van der Waals surface area contributed by atoms with Crippen molar-refractivity contribution in [2.75, 3.05) is 24.9 Å². The molecule has 2 unspecified atom stereocenters. The minimum atomic E-state index is -3.04. The van der Waals surface area contributed by atoms with E-state index in [2.05, 4.69) is 24.3 Å². The maximum absolute atomic E-state index is 13.7. The summed E-state index contributed by atoms with van der Waals surface area (Å²) in [6.07, 6.45) is 1.52. The van der Waals surface area contributed by atoms with Gasteiger partial charge < -0.3 is 9.26 Å². The standard InChI is InChI=1S/C26H31O4PS/c1-3-29-26(27)24(15-14-21-10-6-5-7-11-21)19-31(28,30-4-2)20-32-25-17-16-22-12-8-9-13-23(22)18-25/h5-13,16-18,24H,3-4,14-15,19-20H2,1-2H3. The number of hydrogen-bond acceptors (Lipinski definition) is 5. The molecule has 0 aliphatic heterocycles. The fourth-order valence-corrected chi connectivity index (χ4v) is 7.73. The molecule has 4 nitrogen and oxygen atoms in total. The molecule has 0 spiro atoms. The second-order valence-electron chi connectivity index (χ2n) is 7.67. The average Bonchev–Trinajstić information content (AvgIpc) is 2.81. The van der Waals surface area contributed by atoms with Crippen molar-refractivity contribution >= 4 is 35.9 Å². The molecule has 3 aromatic rings.